The van der Waals surface area contributed by atoms with Crippen molar-refractivity contribution in [1.29, 1.82) is 0 Å². The Kier molecular flexibility index (Phi) is 7.34. The van der Waals surface area contributed by atoms with Gasteiger partial charge in [0, 0.05) is 66.0 Å². The zero-order valence-corrected chi connectivity index (χ0v) is 24.0. The van der Waals surface area contributed by atoms with Gasteiger partial charge in [0.25, 0.3) is 0 Å². The molecule has 0 radical (unpaired) electrons. The third-order valence-corrected chi connectivity index (χ3v) is 10.5. The van der Waals surface area contributed by atoms with Crippen LogP contribution in [0.4, 0.5) is 30.6 Å². The topological polar surface area (TPSA) is 86.6 Å². The predicted molar refractivity (Wildman–Crippen MR) is 153 cm³/mol. The van der Waals surface area contributed by atoms with Gasteiger partial charge in [-0.25, -0.2) is 15.0 Å². The van der Waals surface area contributed by atoms with Crippen LogP contribution in [0.15, 0.2) is 29.3 Å². The van der Waals surface area contributed by atoms with Crippen LogP contribution in [0, 0.1) is 0 Å². The maximum atomic E-state index is 14.0. The van der Waals surface area contributed by atoms with Crippen LogP contribution in [0.2, 0.25) is 0 Å². The van der Waals surface area contributed by atoms with Gasteiger partial charge in [-0.1, -0.05) is 0 Å². The first-order chi connectivity index (χ1) is 19.9. The van der Waals surface area contributed by atoms with Gasteiger partial charge >= 0.3 is 6.18 Å². The number of likely N-dealkylation sites (tertiary alicyclic amines) is 1. The van der Waals surface area contributed by atoms with Gasteiger partial charge < -0.3 is 20.1 Å². The van der Waals surface area contributed by atoms with Gasteiger partial charge in [0.15, 0.2) is 0 Å². The van der Waals surface area contributed by atoms with E-state index in [2.05, 4.69) is 25.1 Å². The molecule has 2 saturated heterocycles. The molecule has 7 rings (SSSR count). The lowest BCUT2D eigenvalue weighted by Gasteiger charge is -2.35. The van der Waals surface area contributed by atoms with E-state index in [1.54, 1.807) is 17.8 Å². The zero-order valence-electron chi connectivity index (χ0n) is 22.4. The maximum absolute atomic E-state index is 14.0. The third kappa shape index (κ3) is 5.54. The molecule has 2 atom stereocenters. The van der Waals surface area contributed by atoms with E-state index >= 15 is 0 Å². The monoisotopic (exact) mass is 604 g/mol. The number of alkyl halides is 3. The zero-order chi connectivity index (χ0) is 28.1. The molecule has 3 aromatic rings. The number of hydrogen-bond acceptors (Lipinski definition) is 10. The second-order valence-corrected chi connectivity index (χ2v) is 13.3. The summed E-state index contributed by atoms with van der Waals surface area (Å²) < 4.78 is 47.6. The molecule has 3 aromatic heterocycles. The Bertz CT molecular complexity index is 1410. The number of anilines is 3. The van der Waals surface area contributed by atoms with Gasteiger partial charge in [-0.3, -0.25) is 4.90 Å². The van der Waals surface area contributed by atoms with Crippen molar-refractivity contribution in [3.05, 3.63) is 40.5 Å². The summed E-state index contributed by atoms with van der Waals surface area (Å²) in [6, 6.07) is 6.63. The molecule has 3 fully saturated rings. The first kappa shape index (κ1) is 27.4. The van der Waals surface area contributed by atoms with Crippen LogP contribution in [0.25, 0.3) is 10.6 Å². The number of fused-ring (bicyclic) bond motifs is 3. The van der Waals surface area contributed by atoms with E-state index in [0.717, 1.165) is 84.2 Å². The van der Waals surface area contributed by atoms with Crippen LogP contribution in [0.1, 0.15) is 47.7 Å². The molecule has 0 amide bonds. The van der Waals surface area contributed by atoms with Crippen molar-refractivity contribution in [2.24, 2.45) is 0 Å². The molecule has 1 saturated carbocycles. The minimum Gasteiger partial charge on any atom is -0.396 e. The molecule has 0 aromatic carbocycles. The molecule has 4 aliphatic rings. The minimum absolute atomic E-state index is 0.120. The molecular formula is C28H31F3N6O2S2. The summed E-state index contributed by atoms with van der Waals surface area (Å²) in [5.74, 6) is 2.15. The molecule has 41 heavy (non-hydrogen) atoms. The largest absolute Gasteiger partial charge is 0.420 e. The number of thioether (sulfide) groups is 1. The van der Waals surface area contributed by atoms with E-state index in [1.807, 2.05) is 12.1 Å². The molecular weight excluding hydrogens is 573 g/mol. The number of aliphatic hydroxyl groups is 1. The Hall–Kier alpha value is -2.45. The van der Waals surface area contributed by atoms with Crippen molar-refractivity contribution in [3.63, 3.8) is 0 Å². The van der Waals surface area contributed by atoms with Crippen molar-refractivity contribution < 1.29 is 23.0 Å². The van der Waals surface area contributed by atoms with E-state index in [0.29, 0.717) is 36.1 Å². The van der Waals surface area contributed by atoms with E-state index in [4.69, 9.17) is 9.72 Å². The summed E-state index contributed by atoms with van der Waals surface area (Å²) in [5.41, 5.74) is 0.689. The van der Waals surface area contributed by atoms with Gasteiger partial charge in [-0.2, -0.15) is 13.2 Å². The number of thiophene rings is 1. The molecule has 2 N–H and O–H groups in total. The summed E-state index contributed by atoms with van der Waals surface area (Å²) in [5, 5.41) is 12.4. The van der Waals surface area contributed by atoms with Crippen molar-refractivity contribution >= 4 is 40.6 Å². The van der Waals surface area contributed by atoms with Crippen LogP contribution < -0.4 is 10.2 Å². The second kappa shape index (κ2) is 11.0. The van der Waals surface area contributed by atoms with Crippen LogP contribution in [-0.2, 0) is 17.5 Å². The minimum atomic E-state index is -4.58. The number of rotatable bonds is 8. The van der Waals surface area contributed by atoms with Crippen LogP contribution >= 0.6 is 23.1 Å². The normalized spacial score (nSPS) is 22.7. The van der Waals surface area contributed by atoms with Gasteiger partial charge in [-0.05, 0) is 43.9 Å². The number of aromatic nitrogens is 3. The number of pyridine rings is 1. The average Bonchev–Trinajstić information content (AvgIpc) is 3.52. The standard InChI is InChI=1S/C28H31F3N6O2S2/c29-28(30,31)19-12-32-27(35-26(19)22-11-21-23(41-22)15-39-8-9-40-21)33-20-4-5-24(34-25(20)16-2-3-16)37-14-17-10-18(37)13-36(17)6-1-7-38/h4-5,11-12,16-18,38H,1-3,6-10,13-15H2,(H,32,33,35). The van der Waals surface area contributed by atoms with Gasteiger partial charge in [-0.15, -0.1) is 23.1 Å². The highest BCUT2D eigenvalue weighted by Gasteiger charge is 2.44. The fourth-order valence-corrected chi connectivity index (χ4v) is 8.27. The Morgan fingerprint density at radius 1 is 1.15 bits per heavy atom. The quantitative estimate of drug-likeness (QED) is 0.346. The Morgan fingerprint density at radius 2 is 2.02 bits per heavy atom. The highest BCUT2D eigenvalue weighted by Crippen LogP contribution is 2.46. The van der Waals surface area contributed by atoms with Crippen molar-refractivity contribution in [2.75, 3.05) is 48.8 Å². The number of nitrogens with one attached hydrogen (secondary N) is 1. The SMILES string of the molecule is OCCCN1CC2CC1CN2c1ccc(Nc2ncc(C(F)(F)F)c(-c3cc4c(s3)COCCS4)n2)c(C2CC2)n1. The van der Waals surface area contributed by atoms with Crippen LogP contribution in [0.3, 0.4) is 0 Å². The van der Waals surface area contributed by atoms with Crippen molar-refractivity contribution in [3.8, 4) is 10.6 Å². The Labute approximate surface area is 244 Å². The Balaban J connectivity index is 1.16. The average molecular weight is 605 g/mol. The second-order valence-electron chi connectivity index (χ2n) is 11.0. The molecule has 1 aliphatic carbocycles. The molecule has 8 nitrogen and oxygen atoms in total. The van der Waals surface area contributed by atoms with Gasteiger partial charge in [0.2, 0.25) is 5.95 Å². The highest BCUT2D eigenvalue weighted by molar-refractivity contribution is 7.99. The lowest BCUT2D eigenvalue weighted by molar-refractivity contribution is -0.137. The predicted octanol–water partition coefficient (Wildman–Crippen LogP) is 5.51. The van der Waals surface area contributed by atoms with Crippen LogP contribution in [-0.4, -0.2) is 75.6 Å². The maximum Gasteiger partial charge on any atom is 0.420 e. The van der Waals surface area contributed by atoms with Crippen LogP contribution in [0.5, 0.6) is 0 Å². The molecule has 2 unspecified atom stereocenters. The summed E-state index contributed by atoms with van der Waals surface area (Å²) in [4.78, 5) is 20.7. The molecule has 218 valence electrons. The number of hydrogen-bond donors (Lipinski definition) is 2. The van der Waals surface area contributed by atoms with Gasteiger partial charge in [0.05, 0.1) is 35.2 Å². The summed E-state index contributed by atoms with van der Waals surface area (Å²) in [6.07, 6.45) is 0.261. The molecule has 6 heterocycles. The number of halogens is 3. The molecule has 0 spiro atoms. The lowest BCUT2D eigenvalue weighted by Crippen LogP contribution is -2.47. The number of piperazine rings is 1. The fourth-order valence-electron chi connectivity index (χ4n) is 6.06. The highest BCUT2D eigenvalue weighted by atomic mass is 32.2. The number of aliphatic hydroxyl groups excluding tert-OH is 1. The number of nitrogens with zero attached hydrogens (tertiary/aromatic N) is 5. The lowest BCUT2D eigenvalue weighted by atomic mass is 10.2. The van der Waals surface area contributed by atoms with Gasteiger partial charge in [0.1, 0.15) is 11.4 Å². The third-order valence-electron chi connectivity index (χ3n) is 8.19. The van der Waals surface area contributed by atoms with E-state index in [1.165, 1.54) is 11.3 Å². The smallest absolute Gasteiger partial charge is 0.396 e. The molecule has 3 aliphatic heterocycles. The van der Waals surface area contributed by atoms with E-state index in [-0.39, 0.29) is 18.2 Å². The first-order valence-corrected chi connectivity index (χ1v) is 15.8. The van der Waals surface area contributed by atoms with Crippen molar-refractivity contribution in [1.82, 2.24) is 19.9 Å². The fraction of sp³-hybridized carbons (Fsp3) is 0.536. The number of ether oxygens (including phenoxy) is 1. The first-order valence-electron chi connectivity index (χ1n) is 14.0. The summed E-state index contributed by atoms with van der Waals surface area (Å²) >= 11 is 2.89. The molecule has 13 heteroatoms. The summed E-state index contributed by atoms with van der Waals surface area (Å²) in [7, 11) is 0. The van der Waals surface area contributed by atoms with E-state index in [9.17, 15) is 18.3 Å². The Morgan fingerprint density at radius 3 is 2.78 bits per heavy atom. The molecule has 2 bridgehead atoms. The van der Waals surface area contributed by atoms with E-state index < -0.39 is 11.7 Å². The van der Waals surface area contributed by atoms with Crippen molar-refractivity contribution in [2.45, 2.75) is 61.4 Å². The summed E-state index contributed by atoms with van der Waals surface area (Å²) in [6.45, 7) is 4.04.